The summed E-state index contributed by atoms with van der Waals surface area (Å²) in [5.74, 6) is 7.01. The van der Waals surface area contributed by atoms with E-state index in [9.17, 15) is 0 Å². The maximum Gasteiger partial charge on any atom is 0.0389 e. The van der Waals surface area contributed by atoms with Crippen LogP contribution < -0.4 is 0 Å². The molecule has 0 aromatic carbocycles. The van der Waals surface area contributed by atoms with Crippen LogP contribution >= 0.6 is 32.9 Å². The van der Waals surface area contributed by atoms with Crippen molar-refractivity contribution in [1.82, 2.24) is 3.11 Å². The molecule has 0 aromatic rings. The Kier molecular flexibility index (Phi) is 2.17. The van der Waals surface area contributed by atoms with E-state index in [1.165, 1.54) is 5.88 Å². The average Bonchev–Trinajstić information content (AvgIpc) is 2.54. The molecule has 2 aliphatic rings. The van der Waals surface area contributed by atoms with Crippen LogP contribution in [0.5, 0.6) is 0 Å². The Morgan fingerprint density at radius 2 is 2.09 bits per heavy atom. The molecule has 2 saturated heterocycles. The number of halogens is 1. The Morgan fingerprint density at radius 3 is 2.36 bits per heavy atom. The second-order valence-corrected chi connectivity index (χ2v) is 9.24. The molecule has 0 radical (unpaired) electrons. The SMILES string of the molecule is CC(C)[C@H]1CS2(CC2)CN1I. The van der Waals surface area contributed by atoms with Gasteiger partial charge in [0, 0.05) is 34.8 Å². The summed E-state index contributed by atoms with van der Waals surface area (Å²) in [7, 11) is -0.0213. The van der Waals surface area contributed by atoms with Crippen molar-refractivity contribution in [2.75, 3.05) is 23.1 Å². The van der Waals surface area contributed by atoms with Gasteiger partial charge in [-0.1, -0.05) is 13.8 Å². The van der Waals surface area contributed by atoms with Crippen LogP contribution in [0.15, 0.2) is 0 Å². The first-order chi connectivity index (χ1) is 5.13. The lowest BCUT2D eigenvalue weighted by atomic mass is 10.1. The van der Waals surface area contributed by atoms with Crippen molar-refractivity contribution in [1.29, 1.82) is 0 Å². The highest BCUT2D eigenvalue weighted by molar-refractivity contribution is 14.1. The van der Waals surface area contributed by atoms with Gasteiger partial charge in [-0.2, -0.15) is 0 Å². The predicted molar refractivity (Wildman–Crippen MR) is 61.5 cm³/mol. The molecule has 1 atom stereocenters. The molecule has 66 valence electrons. The lowest BCUT2D eigenvalue weighted by molar-refractivity contribution is 0.379. The second kappa shape index (κ2) is 2.77. The fourth-order valence-electron chi connectivity index (χ4n) is 1.78. The molecular formula is C8H16INS. The summed E-state index contributed by atoms with van der Waals surface area (Å²) >= 11 is 2.53. The molecule has 0 unspecified atom stereocenters. The summed E-state index contributed by atoms with van der Waals surface area (Å²) in [6.45, 7) is 4.72. The van der Waals surface area contributed by atoms with Crippen LogP contribution in [-0.4, -0.2) is 32.3 Å². The maximum absolute atomic E-state index is 2.57. The van der Waals surface area contributed by atoms with E-state index in [0.29, 0.717) is 0 Å². The first-order valence-corrected chi connectivity index (χ1v) is 7.57. The average molecular weight is 285 g/mol. The molecule has 11 heavy (non-hydrogen) atoms. The van der Waals surface area contributed by atoms with Gasteiger partial charge in [-0.3, -0.25) is 0 Å². The highest BCUT2D eigenvalue weighted by atomic mass is 127. The van der Waals surface area contributed by atoms with Crippen molar-refractivity contribution in [3.63, 3.8) is 0 Å². The predicted octanol–water partition coefficient (Wildman–Crippen LogP) is 2.45. The van der Waals surface area contributed by atoms with E-state index in [2.05, 4.69) is 39.8 Å². The molecule has 2 rings (SSSR count). The minimum absolute atomic E-state index is 0.0213. The zero-order valence-electron chi connectivity index (χ0n) is 7.22. The zero-order chi connectivity index (χ0) is 8.06. The van der Waals surface area contributed by atoms with Crippen LogP contribution in [0, 0.1) is 5.92 Å². The Morgan fingerprint density at radius 1 is 1.45 bits per heavy atom. The Bertz CT molecular complexity index is 167. The third-order valence-corrected chi connectivity index (χ3v) is 7.79. The van der Waals surface area contributed by atoms with Crippen molar-refractivity contribution in [2.45, 2.75) is 19.9 Å². The monoisotopic (exact) mass is 285 g/mol. The van der Waals surface area contributed by atoms with Gasteiger partial charge in [0.25, 0.3) is 0 Å². The fraction of sp³-hybridized carbons (Fsp3) is 1.00. The van der Waals surface area contributed by atoms with Crippen LogP contribution in [-0.2, 0) is 0 Å². The third kappa shape index (κ3) is 1.56. The summed E-state index contributed by atoms with van der Waals surface area (Å²) < 4.78 is 2.57. The zero-order valence-corrected chi connectivity index (χ0v) is 10.2. The number of rotatable bonds is 1. The highest BCUT2D eigenvalue weighted by Crippen LogP contribution is 2.66. The molecule has 2 heterocycles. The van der Waals surface area contributed by atoms with E-state index in [1.54, 1.807) is 17.3 Å². The molecule has 3 heteroatoms. The molecule has 0 bridgehead atoms. The van der Waals surface area contributed by atoms with E-state index in [0.717, 1.165) is 12.0 Å². The van der Waals surface area contributed by atoms with Crippen molar-refractivity contribution in [2.24, 2.45) is 5.92 Å². The van der Waals surface area contributed by atoms with Crippen LogP contribution in [0.3, 0.4) is 0 Å². The lowest BCUT2D eigenvalue weighted by Gasteiger charge is -2.19. The van der Waals surface area contributed by atoms with Crippen LogP contribution in [0.2, 0.25) is 0 Å². The molecule has 1 spiro atoms. The lowest BCUT2D eigenvalue weighted by Crippen LogP contribution is -2.26. The Hall–Kier alpha value is 1.04. The second-order valence-electron chi connectivity index (χ2n) is 4.14. The highest BCUT2D eigenvalue weighted by Gasteiger charge is 2.47. The number of hydrogen-bond acceptors (Lipinski definition) is 1. The normalized spacial score (nSPS) is 38.4. The largest absolute Gasteiger partial charge is 0.235 e. The molecule has 0 saturated carbocycles. The van der Waals surface area contributed by atoms with E-state index in [4.69, 9.17) is 0 Å². The summed E-state index contributed by atoms with van der Waals surface area (Å²) in [6.07, 6.45) is 0. The van der Waals surface area contributed by atoms with Gasteiger partial charge in [0.2, 0.25) is 0 Å². The quantitative estimate of drug-likeness (QED) is 0.406. The van der Waals surface area contributed by atoms with Gasteiger partial charge in [-0.15, -0.1) is 0 Å². The molecule has 0 aliphatic carbocycles. The van der Waals surface area contributed by atoms with E-state index >= 15 is 0 Å². The molecule has 2 aliphatic heterocycles. The van der Waals surface area contributed by atoms with E-state index < -0.39 is 0 Å². The van der Waals surface area contributed by atoms with Gasteiger partial charge in [-0.05, 0) is 23.2 Å². The topological polar surface area (TPSA) is 3.24 Å². The molecular weight excluding hydrogens is 269 g/mol. The van der Waals surface area contributed by atoms with Gasteiger partial charge < -0.3 is 0 Å². The van der Waals surface area contributed by atoms with E-state index in [1.807, 2.05) is 0 Å². The van der Waals surface area contributed by atoms with Crippen LogP contribution in [0.1, 0.15) is 13.8 Å². The fourth-order valence-corrected chi connectivity index (χ4v) is 8.31. The molecule has 0 amide bonds. The first-order valence-electron chi connectivity index (χ1n) is 4.29. The standard InChI is InChI=1S/C8H16INS/c1-7(2)8-5-11(3-4-11)6-10(8)9/h7-8H,3-6H2,1-2H3/t8-/m1/s1. The number of nitrogens with zero attached hydrogens (tertiary/aromatic N) is 1. The maximum atomic E-state index is 2.57. The minimum Gasteiger partial charge on any atom is -0.235 e. The van der Waals surface area contributed by atoms with Gasteiger partial charge >= 0.3 is 0 Å². The smallest absolute Gasteiger partial charge is 0.0389 e. The van der Waals surface area contributed by atoms with E-state index in [-0.39, 0.29) is 10.0 Å². The first kappa shape index (κ1) is 8.63. The summed E-state index contributed by atoms with van der Waals surface area (Å²) in [4.78, 5) is 0. The summed E-state index contributed by atoms with van der Waals surface area (Å²) in [5.41, 5.74) is 0. The van der Waals surface area contributed by atoms with Crippen LogP contribution in [0.25, 0.3) is 0 Å². The van der Waals surface area contributed by atoms with Crippen molar-refractivity contribution in [3.05, 3.63) is 0 Å². The van der Waals surface area contributed by atoms with Crippen molar-refractivity contribution in [3.8, 4) is 0 Å². The Labute approximate surface area is 84.7 Å². The molecule has 2 fully saturated rings. The number of hydrogen-bond donors (Lipinski definition) is 0. The van der Waals surface area contributed by atoms with Gasteiger partial charge in [0.15, 0.2) is 0 Å². The summed E-state index contributed by atoms with van der Waals surface area (Å²) in [6, 6.07) is 0.896. The van der Waals surface area contributed by atoms with Gasteiger partial charge in [0.05, 0.1) is 0 Å². The van der Waals surface area contributed by atoms with Gasteiger partial charge in [0.1, 0.15) is 0 Å². The third-order valence-electron chi connectivity index (χ3n) is 2.83. The Balaban J connectivity index is 2.02. The molecule has 1 nitrogen and oxygen atoms in total. The van der Waals surface area contributed by atoms with Crippen LogP contribution in [0.4, 0.5) is 0 Å². The van der Waals surface area contributed by atoms with Crippen molar-refractivity contribution >= 4 is 32.9 Å². The molecule has 0 N–H and O–H groups in total. The summed E-state index contributed by atoms with van der Waals surface area (Å²) in [5, 5.41) is 0. The molecule has 0 aromatic heterocycles. The minimum atomic E-state index is -0.0213. The van der Waals surface area contributed by atoms with Crippen molar-refractivity contribution < 1.29 is 0 Å². The van der Waals surface area contributed by atoms with Gasteiger partial charge in [-0.25, -0.2) is 13.1 Å².